The van der Waals surface area contributed by atoms with Gasteiger partial charge in [0, 0.05) is 38.4 Å². The Morgan fingerprint density at radius 3 is 2.23 bits per heavy atom. The minimum Gasteiger partial charge on any atom is -0.493 e. The van der Waals surface area contributed by atoms with Crippen molar-refractivity contribution in [2.24, 2.45) is 0 Å². The van der Waals surface area contributed by atoms with Crippen LogP contribution in [-0.2, 0) is 11.3 Å². The van der Waals surface area contributed by atoms with Gasteiger partial charge in [0.1, 0.15) is 11.4 Å². The van der Waals surface area contributed by atoms with E-state index in [1.54, 1.807) is 12.7 Å². The summed E-state index contributed by atoms with van der Waals surface area (Å²) in [5, 5.41) is 4.00. The summed E-state index contributed by atoms with van der Waals surface area (Å²) in [4.78, 5) is 2.56. The Kier molecular flexibility index (Phi) is 9.40. The van der Waals surface area contributed by atoms with E-state index < -0.39 is 0 Å². The van der Waals surface area contributed by atoms with Crippen LogP contribution < -0.4 is 4.74 Å². The first-order valence-corrected chi connectivity index (χ1v) is 13.7. The maximum Gasteiger partial charge on any atom is 0.160 e. The van der Waals surface area contributed by atoms with Gasteiger partial charge in [-0.15, -0.1) is 0 Å². The lowest BCUT2D eigenvalue weighted by Crippen LogP contribution is -2.32. The summed E-state index contributed by atoms with van der Waals surface area (Å²) in [6, 6.07) is 31.6. The molecule has 200 valence electrons. The first-order chi connectivity index (χ1) is 19.3. The van der Waals surface area contributed by atoms with Crippen molar-refractivity contribution >= 4 is 17.7 Å². The number of para-hydroxylation sites is 1. The minimum atomic E-state index is 0.437. The first kappa shape index (κ1) is 26.7. The van der Waals surface area contributed by atoms with Crippen LogP contribution in [0.3, 0.4) is 0 Å². The summed E-state index contributed by atoms with van der Waals surface area (Å²) in [6.07, 6.45) is 7.10. The van der Waals surface area contributed by atoms with E-state index >= 15 is 0 Å². The number of rotatable bonds is 11. The van der Waals surface area contributed by atoms with Gasteiger partial charge < -0.3 is 18.9 Å². The van der Waals surface area contributed by atoms with Crippen molar-refractivity contribution in [2.45, 2.75) is 25.9 Å². The van der Waals surface area contributed by atoms with Gasteiger partial charge >= 0.3 is 0 Å². The normalized spacial score (nSPS) is 14.1. The van der Waals surface area contributed by atoms with Crippen molar-refractivity contribution in [3.63, 3.8) is 0 Å². The number of methoxy groups -OCH3 is 1. The average molecular weight is 521 g/mol. The molecule has 5 rings (SSSR count). The summed E-state index contributed by atoms with van der Waals surface area (Å²) in [5.41, 5.74) is 7.38. The fourth-order valence-corrected chi connectivity index (χ4v) is 5.10. The van der Waals surface area contributed by atoms with Gasteiger partial charge in [-0.1, -0.05) is 89.6 Å². The molecule has 1 aromatic heterocycles. The third kappa shape index (κ3) is 7.34. The maximum atomic E-state index is 6.18. The summed E-state index contributed by atoms with van der Waals surface area (Å²) in [5.74, 6) is 1.57. The monoisotopic (exact) mass is 520 g/mol. The van der Waals surface area contributed by atoms with Crippen LogP contribution >= 0.6 is 0 Å². The predicted octanol–water partition coefficient (Wildman–Crippen LogP) is 7.36. The fourth-order valence-electron chi connectivity index (χ4n) is 5.10. The van der Waals surface area contributed by atoms with Gasteiger partial charge in [0.2, 0.25) is 0 Å². The van der Waals surface area contributed by atoms with Crippen molar-refractivity contribution in [1.29, 1.82) is 0 Å². The van der Waals surface area contributed by atoms with E-state index in [0.29, 0.717) is 19.0 Å². The standard InChI is InChI=1S/C34H36N2O3/c1-37-26-31-25-32(39-35-31)18-17-27-11-8-9-16-33(27)38-24-10-21-36-22-19-30(20-23-36)34(28-12-4-2-5-13-28)29-14-6-3-7-15-29/h2-9,11-18,25H,10,19-24,26H2,1H3. The summed E-state index contributed by atoms with van der Waals surface area (Å²) < 4.78 is 16.6. The molecule has 1 fully saturated rings. The molecule has 5 nitrogen and oxygen atoms in total. The van der Waals surface area contributed by atoms with Crippen LogP contribution in [0.4, 0.5) is 0 Å². The van der Waals surface area contributed by atoms with Crippen LogP contribution in [0.1, 0.15) is 47.4 Å². The van der Waals surface area contributed by atoms with E-state index in [0.717, 1.165) is 55.9 Å². The minimum absolute atomic E-state index is 0.437. The Bertz CT molecular complexity index is 1320. The number of likely N-dealkylation sites (tertiary alicyclic amines) is 1. The number of nitrogens with zero attached hydrogens (tertiary/aromatic N) is 2. The van der Waals surface area contributed by atoms with E-state index in [1.807, 2.05) is 42.5 Å². The molecule has 2 heterocycles. The molecule has 1 aliphatic rings. The highest BCUT2D eigenvalue weighted by molar-refractivity contribution is 5.82. The number of hydrogen-bond donors (Lipinski definition) is 0. The lowest BCUT2D eigenvalue weighted by atomic mass is 9.88. The number of ether oxygens (including phenoxy) is 2. The number of piperidine rings is 1. The van der Waals surface area contributed by atoms with Crippen LogP contribution in [0.25, 0.3) is 17.7 Å². The zero-order valence-electron chi connectivity index (χ0n) is 22.6. The van der Waals surface area contributed by atoms with Crippen molar-refractivity contribution in [3.05, 3.63) is 125 Å². The number of hydrogen-bond acceptors (Lipinski definition) is 5. The molecule has 39 heavy (non-hydrogen) atoms. The Labute approximate surface area is 231 Å². The molecule has 0 amide bonds. The highest BCUT2D eigenvalue weighted by Gasteiger charge is 2.18. The first-order valence-electron chi connectivity index (χ1n) is 13.7. The Hall–Kier alpha value is -3.93. The van der Waals surface area contributed by atoms with Crippen LogP contribution in [0.15, 0.2) is 101 Å². The van der Waals surface area contributed by atoms with Gasteiger partial charge in [0.15, 0.2) is 5.76 Å². The lowest BCUT2D eigenvalue weighted by molar-refractivity contribution is 0.177. The Morgan fingerprint density at radius 1 is 0.872 bits per heavy atom. The third-order valence-corrected chi connectivity index (χ3v) is 7.03. The molecule has 1 saturated heterocycles. The predicted molar refractivity (Wildman–Crippen MR) is 157 cm³/mol. The second kappa shape index (κ2) is 13.7. The van der Waals surface area contributed by atoms with Crippen LogP contribution in [-0.4, -0.2) is 43.4 Å². The highest BCUT2D eigenvalue weighted by atomic mass is 16.5. The summed E-state index contributed by atoms with van der Waals surface area (Å²) in [6.45, 7) is 4.33. The lowest BCUT2D eigenvalue weighted by Gasteiger charge is -2.30. The molecule has 0 radical (unpaired) electrons. The number of benzene rings is 3. The molecule has 0 bridgehead atoms. The summed E-state index contributed by atoms with van der Waals surface area (Å²) in [7, 11) is 1.64. The van der Waals surface area contributed by atoms with E-state index in [2.05, 4.69) is 70.7 Å². The van der Waals surface area contributed by atoms with Crippen LogP contribution in [0, 0.1) is 0 Å². The second-order valence-corrected chi connectivity index (χ2v) is 9.78. The molecule has 0 atom stereocenters. The highest BCUT2D eigenvalue weighted by Crippen LogP contribution is 2.32. The SMILES string of the molecule is COCc1cc(C=Cc2ccccc2OCCCN2CCC(=C(c3ccccc3)c3ccccc3)CC2)on1. The smallest absolute Gasteiger partial charge is 0.160 e. The van der Waals surface area contributed by atoms with Gasteiger partial charge in [-0.25, -0.2) is 0 Å². The van der Waals surface area contributed by atoms with Crippen LogP contribution in [0.2, 0.25) is 0 Å². The van der Waals surface area contributed by atoms with Crippen molar-refractivity contribution in [3.8, 4) is 5.75 Å². The zero-order chi connectivity index (χ0) is 26.7. The zero-order valence-corrected chi connectivity index (χ0v) is 22.6. The van der Waals surface area contributed by atoms with Gasteiger partial charge in [0.05, 0.1) is 13.2 Å². The van der Waals surface area contributed by atoms with E-state index in [-0.39, 0.29) is 0 Å². The molecule has 0 N–H and O–H groups in total. The third-order valence-electron chi connectivity index (χ3n) is 7.03. The fraction of sp³-hybridized carbons (Fsp3) is 0.265. The van der Waals surface area contributed by atoms with E-state index in [4.69, 9.17) is 14.0 Å². The molecule has 0 unspecified atom stereocenters. The summed E-state index contributed by atoms with van der Waals surface area (Å²) >= 11 is 0. The molecule has 5 heteroatoms. The molecular weight excluding hydrogens is 484 g/mol. The molecule has 0 saturated carbocycles. The van der Waals surface area contributed by atoms with Gasteiger partial charge in [-0.3, -0.25) is 0 Å². The second-order valence-electron chi connectivity index (χ2n) is 9.78. The van der Waals surface area contributed by atoms with E-state index in [1.165, 1.54) is 16.7 Å². The average Bonchev–Trinajstić information content (AvgIpc) is 3.44. The quantitative estimate of drug-likeness (QED) is 0.193. The Balaban J connectivity index is 1.14. The van der Waals surface area contributed by atoms with E-state index in [9.17, 15) is 0 Å². The van der Waals surface area contributed by atoms with Gasteiger partial charge in [-0.2, -0.15) is 0 Å². The topological polar surface area (TPSA) is 47.7 Å². The van der Waals surface area contributed by atoms with Crippen LogP contribution in [0.5, 0.6) is 5.75 Å². The maximum absolute atomic E-state index is 6.18. The van der Waals surface area contributed by atoms with Gasteiger partial charge in [0.25, 0.3) is 0 Å². The molecule has 3 aromatic carbocycles. The molecule has 1 aliphatic heterocycles. The largest absolute Gasteiger partial charge is 0.493 e. The molecule has 0 spiro atoms. The van der Waals surface area contributed by atoms with Crippen molar-refractivity contribution < 1.29 is 14.0 Å². The molecule has 0 aliphatic carbocycles. The molecule has 4 aromatic rings. The van der Waals surface area contributed by atoms with Crippen molar-refractivity contribution in [2.75, 3.05) is 33.4 Å². The number of aromatic nitrogens is 1. The van der Waals surface area contributed by atoms with Gasteiger partial charge in [-0.05, 0) is 54.2 Å². The molecular formula is C34H36N2O3. The van der Waals surface area contributed by atoms with Crippen molar-refractivity contribution in [1.82, 2.24) is 10.1 Å². The Morgan fingerprint density at radius 2 is 1.54 bits per heavy atom.